The summed E-state index contributed by atoms with van der Waals surface area (Å²) in [6.07, 6.45) is 2.20. The van der Waals surface area contributed by atoms with E-state index < -0.39 is 0 Å². The van der Waals surface area contributed by atoms with Crippen molar-refractivity contribution in [1.29, 1.82) is 0 Å². The van der Waals surface area contributed by atoms with Gasteiger partial charge in [-0.15, -0.1) is 0 Å². The zero-order valence-corrected chi connectivity index (χ0v) is 13.1. The maximum atomic E-state index is 12.4. The summed E-state index contributed by atoms with van der Waals surface area (Å²) in [5.74, 6) is 0.0262. The fourth-order valence-electron chi connectivity index (χ4n) is 1.74. The van der Waals surface area contributed by atoms with Crippen LogP contribution in [0.5, 0.6) is 0 Å². The third-order valence-corrected chi connectivity index (χ3v) is 3.91. The number of amides is 1. The number of hydrogen-bond acceptors (Lipinski definition) is 1. The van der Waals surface area contributed by atoms with E-state index in [1.54, 1.807) is 12.1 Å². The van der Waals surface area contributed by atoms with Crippen molar-refractivity contribution in [1.82, 2.24) is 4.90 Å². The molecule has 5 heteroatoms. The molecular formula is C12H12Br2ClNO. The van der Waals surface area contributed by atoms with E-state index in [4.69, 9.17) is 11.6 Å². The monoisotopic (exact) mass is 379 g/mol. The second kappa shape index (κ2) is 5.72. The fraction of sp³-hybridized carbons (Fsp3) is 0.417. The number of nitrogens with zero attached hydrogens (tertiary/aromatic N) is 1. The highest BCUT2D eigenvalue weighted by atomic mass is 79.9. The van der Waals surface area contributed by atoms with Crippen molar-refractivity contribution < 1.29 is 4.79 Å². The number of benzene rings is 1. The van der Waals surface area contributed by atoms with E-state index in [1.807, 2.05) is 11.0 Å². The Balaban J connectivity index is 2.24. The van der Waals surface area contributed by atoms with E-state index in [0.717, 1.165) is 29.2 Å². The van der Waals surface area contributed by atoms with Gasteiger partial charge >= 0.3 is 0 Å². The molecule has 0 unspecified atom stereocenters. The molecule has 0 spiro atoms. The zero-order valence-electron chi connectivity index (χ0n) is 9.13. The largest absolute Gasteiger partial charge is 0.335 e. The summed E-state index contributed by atoms with van der Waals surface area (Å²) in [4.78, 5) is 14.3. The summed E-state index contributed by atoms with van der Waals surface area (Å²) in [5, 5.41) is 1.30. The van der Waals surface area contributed by atoms with Gasteiger partial charge in [-0.2, -0.15) is 0 Å². The van der Waals surface area contributed by atoms with Gasteiger partial charge in [-0.25, -0.2) is 0 Å². The van der Waals surface area contributed by atoms with Gasteiger partial charge in [0, 0.05) is 22.4 Å². The lowest BCUT2D eigenvalue weighted by atomic mass is 10.2. The smallest absolute Gasteiger partial charge is 0.255 e. The summed E-state index contributed by atoms with van der Waals surface area (Å²) in [5.41, 5.74) is 0.578. The van der Waals surface area contributed by atoms with Crippen LogP contribution in [-0.4, -0.2) is 28.7 Å². The van der Waals surface area contributed by atoms with Crippen molar-refractivity contribution in [2.24, 2.45) is 0 Å². The molecule has 1 saturated carbocycles. The molecule has 0 aliphatic heterocycles. The van der Waals surface area contributed by atoms with Gasteiger partial charge < -0.3 is 4.90 Å². The van der Waals surface area contributed by atoms with Gasteiger partial charge in [0.1, 0.15) is 0 Å². The molecule has 2 rings (SSSR count). The summed E-state index contributed by atoms with van der Waals surface area (Å²) in [7, 11) is 0. The first-order valence-corrected chi connectivity index (χ1v) is 7.74. The molecule has 0 atom stereocenters. The number of hydrogen-bond donors (Lipinski definition) is 0. The van der Waals surface area contributed by atoms with Crippen LogP contribution in [0.1, 0.15) is 23.2 Å². The molecule has 0 aromatic heterocycles. The molecule has 0 saturated heterocycles. The van der Waals surface area contributed by atoms with Crippen molar-refractivity contribution in [3.8, 4) is 0 Å². The van der Waals surface area contributed by atoms with Crippen LogP contribution in [0.4, 0.5) is 0 Å². The molecule has 0 heterocycles. The minimum absolute atomic E-state index is 0.0262. The van der Waals surface area contributed by atoms with Crippen LogP contribution in [0.15, 0.2) is 22.7 Å². The molecule has 1 aromatic rings. The Labute approximate surface area is 123 Å². The molecule has 1 aliphatic rings. The number of alkyl halides is 1. The Morgan fingerprint density at radius 3 is 2.76 bits per heavy atom. The zero-order chi connectivity index (χ0) is 12.4. The fourth-order valence-corrected chi connectivity index (χ4v) is 2.68. The molecule has 1 aromatic carbocycles. The molecular weight excluding hydrogens is 369 g/mol. The molecule has 0 N–H and O–H groups in total. The van der Waals surface area contributed by atoms with Gasteiger partial charge in [-0.1, -0.05) is 43.5 Å². The Bertz CT molecular complexity index is 435. The second-order valence-corrected chi connectivity index (χ2v) is 6.16. The SMILES string of the molecule is O=C(c1cc(Br)ccc1Cl)N(CCBr)C1CC1. The van der Waals surface area contributed by atoms with E-state index in [0.29, 0.717) is 16.6 Å². The van der Waals surface area contributed by atoms with Crippen LogP contribution in [-0.2, 0) is 0 Å². The quantitative estimate of drug-likeness (QED) is 0.719. The van der Waals surface area contributed by atoms with E-state index in [-0.39, 0.29) is 5.91 Å². The van der Waals surface area contributed by atoms with E-state index in [9.17, 15) is 4.79 Å². The lowest BCUT2D eigenvalue weighted by Crippen LogP contribution is -2.34. The highest BCUT2D eigenvalue weighted by Gasteiger charge is 2.33. The van der Waals surface area contributed by atoms with Crippen LogP contribution < -0.4 is 0 Å². The Hall–Kier alpha value is -0.0600. The van der Waals surface area contributed by atoms with Crippen LogP contribution in [0, 0.1) is 0 Å². The topological polar surface area (TPSA) is 20.3 Å². The first kappa shape index (κ1) is 13.4. The van der Waals surface area contributed by atoms with E-state index in [2.05, 4.69) is 31.9 Å². The van der Waals surface area contributed by atoms with Crippen molar-refractivity contribution >= 4 is 49.4 Å². The van der Waals surface area contributed by atoms with Gasteiger partial charge in [-0.3, -0.25) is 4.79 Å². The minimum atomic E-state index is 0.0262. The molecule has 1 amide bonds. The van der Waals surface area contributed by atoms with Crippen molar-refractivity contribution in [2.75, 3.05) is 11.9 Å². The first-order chi connectivity index (χ1) is 8.13. The van der Waals surface area contributed by atoms with Gasteiger partial charge in [0.25, 0.3) is 5.91 Å². The Morgan fingerprint density at radius 2 is 2.18 bits per heavy atom. The van der Waals surface area contributed by atoms with Crippen LogP contribution >= 0.6 is 43.5 Å². The molecule has 1 aliphatic carbocycles. The average Bonchev–Trinajstić information content (AvgIpc) is 3.12. The third-order valence-electron chi connectivity index (χ3n) is 2.73. The van der Waals surface area contributed by atoms with Crippen LogP contribution in [0.2, 0.25) is 5.02 Å². The first-order valence-electron chi connectivity index (χ1n) is 5.45. The molecule has 17 heavy (non-hydrogen) atoms. The van der Waals surface area contributed by atoms with Crippen molar-refractivity contribution in [3.05, 3.63) is 33.3 Å². The summed E-state index contributed by atoms with van der Waals surface area (Å²) in [6, 6.07) is 5.77. The van der Waals surface area contributed by atoms with Gasteiger partial charge in [0.2, 0.25) is 0 Å². The molecule has 1 fully saturated rings. The summed E-state index contributed by atoms with van der Waals surface area (Å²) < 4.78 is 0.875. The van der Waals surface area contributed by atoms with Crippen LogP contribution in [0.25, 0.3) is 0 Å². The lowest BCUT2D eigenvalue weighted by molar-refractivity contribution is 0.0755. The Morgan fingerprint density at radius 1 is 1.47 bits per heavy atom. The maximum absolute atomic E-state index is 12.4. The number of carbonyl (C=O) groups excluding carboxylic acids is 1. The molecule has 0 bridgehead atoms. The molecule has 2 nitrogen and oxygen atoms in total. The third kappa shape index (κ3) is 3.24. The van der Waals surface area contributed by atoms with E-state index in [1.165, 1.54) is 0 Å². The minimum Gasteiger partial charge on any atom is -0.335 e. The van der Waals surface area contributed by atoms with Crippen molar-refractivity contribution in [3.63, 3.8) is 0 Å². The van der Waals surface area contributed by atoms with Gasteiger partial charge in [-0.05, 0) is 31.0 Å². The number of carbonyl (C=O) groups is 1. The van der Waals surface area contributed by atoms with Gasteiger partial charge in [0.05, 0.1) is 10.6 Å². The predicted molar refractivity (Wildman–Crippen MR) is 77.0 cm³/mol. The standard InChI is InChI=1S/C12H12Br2ClNO/c13-5-6-16(9-2-3-9)12(17)10-7-8(14)1-4-11(10)15/h1,4,7,9H,2-3,5-6H2. The maximum Gasteiger partial charge on any atom is 0.255 e. The van der Waals surface area contributed by atoms with Crippen LogP contribution in [0.3, 0.4) is 0 Å². The number of halogens is 3. The summed E-state index contributed by atoms with van der Waals surface area (Å²) in [6.45, 7) is 0.729. The van der Waals surface area contributed by atoms with Crippen molar-refractivity contribution in [2.45, 2.75) is 18.9 Å². The normalized spacial score (nSPS) is 14.8. The lowest BCUT2D eigenvalue weighted by Gasteiger charge is -2.22. The molecule has 0 radical (unpaired) electrons. The Kier molecular flexibility index (Phi) is 4.50. The second-order valence-electron chi connectivity index (χ2n) is 4.04. The van der Waals surface area contributed by atoms with Gasteiger partial charge in [0.15, 0.2) is 0 Å². The molecule has 92 valence electrons. The highest BCUT2D eigenvalue weighted by Crippen LogP contribution is 2.30. The average molecular weight is 381 g/mol. The predicted octanol–water partition coefficient (Wildman–Crippen LogP) is 4.10. The summed E-state index contributed by atoms with van der Waals surface area (Å²) >= 11 is 12.8. The number of rotatable bonds is 4. The van der Waals surface area contributed by atoms with E-state index >= 15 is 0 Å². The highest BCUT2D eigenvalue weighted by molar-refractivity contribution is 9.10.